The summed E-state index contributed by atoms with van der Waals surface area (Å²) in [4.78, 5) is 14.5. The van der Waals surface area contributed by atoms with E-state index < -0.39 is 0 Å². The first-order valence-electron chi connectivity index (χ1n) is 8.18. The average molecular weight is 368 g/mol. The molecule has 3 rings (SSSR count). The minimum absolute atomic E-state index is 0.152. The second-order valence-corrected chi connectivity index (χ2v) is 6.25. The molecular formula is C20H20N2O3S. The number of nitrogens with zero attached hydrogens (tertiary/aromatic N) is 1. The Morgan fingerprint density at radius 2 is 1.77 bits per heavy atom. The van der Waals surface area contributed by atoms with Gasteiger partial charge >= 0.3 is 0 Å². The van der Waals surface area contributed by atoms with Crippen LogP contribution in [-0.4, -0.2) is 30.1 Å². The minimum Gasteiger partial charge on any atom is -0.493 e. The van der Waals surface area contributed by atoms with E-state index in [2.05, 4.69) is 5.32 Å². The largest absolute Gasteiger partial charge is 0.493 e. The van der Waals surface area contributed by atoms with Gasteiger partial charge in [0.2, 0.25) is 0 Å². The van der Waals surface area contributed by atoms with Crippen molar-refractivity contribution in [3.05, 3.63) is 65.4 Å². The molecule has 1 N–H and O–H groups in total. The zero-order valence-corrected chi connectivity index (χ0v) is 15.7. The lowest BCUT2D eigenvalue weighted by Crippen LogP contribution is -2.33. The van der Waals surface area contributed by atoms with Crippen LogP contribution in [0.3, 0.4) is 0 Å². The number of nitrogens with one attached hydrogen (secondary N) is 1. The molecule has 1 aliphatic heterocycles. The quantitative estimate of drug-likeness (QED) is 0.646. The fourth-order valence-corrected chi connectivity index (χ4v) is 3.24. The summed E-state index contributed by atoms with van der Waals surface area (Å²) in [5.74, 6) is 1.08. The van der Waals surface area contributed by atoms with Crippen molar-refractivity contribution in [3.63, 3.8) is 0 Å². The first kappa shape index (κ1) is 17.9. The zero-order valence-electron chi connectivity index (χ0n) is 14.9. The number of methoxy groups -OCH3 is 2. The van der Waals surface area contributed by atoms with Gasteiger partial charge in [-0.2, -0.15) is 0 Å². The highest BCUT2D eigenvalue weighted by molar-refractivity contribution is 7.80. The highest BCUT2D eigenvalue weighted by Crippen LogP contribution is 2.30. The predicted molar refractivity (Wildman–Crippen MR) is 105 cm³/mol. The van der Waals surface area contributed by atoms with E-state index in [1.807, 2.05) is 49.4 Å². The minimum atomic E-state index is -0.153. The lowest BCUT2D eigenvalue weighted by Gasteiger charge is -2.23. The molecule has 0 bridgehead atoms. The van der Waals surface area contributed by atoms with Gasteiger partial charge in [0.1, 0.15) is 5.70 Å². The number of rotatable bonds is 5. The van der Waals surface area contributed by atoms with E-state index in [0.29, 0.717) is 22.3 Å². The van der Waals surface area contributed by atoms with Gasteiger partial charge in [-0.3, -0.25) is 9.69 Å². The molecule has 0 saturated carbocycles. The molecule has 0 radical (unpaired) electrons. The molecular weight excluding hydrogens is 348 g/mol. The van der Waals surface area contributed by atoms with Crippen LogP contribution in [0.2, 0.25) is 0 Å². The maximum atomic E-state index is 12.9. The number of benzene rings is 2. The molecule has 1 amide bonds. The van der Waals surface area contributed by atoms with Crippen LogP contribution in [0.1, 0.15) is 24.1 Å². The third-order valence-electron chi connectivity index (χ3n) is 4.30. The van der Waals surface area contributed by atoms with Crippen LogP contribution < -0.4 is 14.8 Å². The van der Waals surface area contributed by atoms with Crippen LogP contribution in [-0.2, 0) is 4.79 Å². The van der Waals surface area contributed by atoms with E-state index in [4.69, 9.17) is 21.7 Å². The molecule has 26 heavy (non-hydrogen) atoms. The second-order valence-electron chi connectivity index (χ2n) is 5.86. The first-order valence-corrected chi connectivity index (χ1v) is 8.59. The van der Waals surface area contributed by atoms with Crippen molar-refractivity contribution in [1.29, 1.82) is 0 Å². The number of ether oxygens (including phenoxy) is 2. The van der Waals surface area contributed by atoms with Crippen LogP contribution in [0.4, 0.5) is 0 Å². The molecule has 1 unspecified atom stereocenters. The molecule has 6 heteroatoms. The average Bonchev–Trinajstić information content (AvgIpc) is 2.95. The molecule has 0 aromatic heterocycles. The van der Waals surface area contributed by atoms with E-state index in [1.165, 1.54) is 0 Å². The van der Waals surface area contributed by atoms with E-state index in [0.717, 1.165) is 11.1 Å². The van der Waals surface area contributed by atoms with Crippen molar-refractivity contribution in [1.82, 2.24) is 10.2 Å². The Kier molecular flexibility index (Phi) is 5.23. The van der Waals surface area contributed by atoms with Crippen molar-refractivity contribution in [2.24, 2.45) is 0 Å². The molecule has 0 aliphatic carbocycles. The number of thiocarbonyl (C=S) groups is 1. The molecule has 1 fully saturated rings. The van der Waals surface area contributed by atoms with Crippen molar-refractivity contribution in [2.75, 3.05) is 14.2 Å². The van der Waals surface area contributed by atoms with Crippen LogP contribution in [0, 0.1) is 0 Å². The summed E-state index contributed by atoms with van der Waals surface area (Å²) in [6.07, 6.45) is 1.76. The van der Waals surface area contributed by atoms with Crippen LogP contribution in [0.15, 0.2) is 54.2 Å². The van der Waals surface area contributed by atoms with E-state index in [-0.39, 0.29) is 11.9 Å². The zero-order chi connectivity index (χ0) is 18.7. The highest BCUT2D eigenvalue weighted by Gasteiger charge is 2.34. The number of carbonyl (C=O) groups is 1. The van der Waals surface area contributed by atoms with Gasteiger partial charge in [0.25, 0.3) is 5.91 Å². The Hall–Kier alpha value is -2.86. The Morgan fingerprint density at radius 3 is 2.42 bits per heavy atom. The van der Waals surface area contributed by atoms with Gasteiger partial charge < -0.3 is 14.8 Å². The van der Waals surface area contributed by atoms with Gasteiger partial charge in [-0.25, -0.2) is 0 Å². The monoisotopic (exact) mass is 368 g/mol. The Balaban J connectivity index is 1.88. The summed E-state index contributed by atoms with van der Waals surface area (Å²) in [7, 11) is 3.16. The molecule has 1 saturated heterocycles. The van der Waals surface area contributed by atoms with Crippen molar-refractivity contribution < 1.29 is 14.3 Å². The molecule has 2 aromatic carbocycles. The third kappa shape index (κ3) is 3.41. The number of hydrogen-bond donors (Lipinski definition) is 1. The summed E-state index contributed by atoms with van der Waals surface area (Å²) in [6, 6.07) is 15.1. The van der Waals surface area contributed by atoms with Crippen molar-refractivity contribution in [2.45, 2.75) is 13.0 Å². The number of carbonyl (C=O) groups excluding carboxylic acids is 1. The molecule has 134 valence electrons. The number of amides is 1. The van der Waals surface area contributed by atoms with E-state index >= 15 is 0 Å². The fourth-order valence-electron chi connectivity index (χ4n) is 2.89. The highest BCUT2D eigenvalue weighted by atomic mass is 32.1. The summed E-state index contributed by atoms with van der Waals surface area (Å²) in [6.45, 7) is 1.96. The molecule has 0 spiro atoms. The standard InChI is InChI=1S/C20H20N2O3S/c1-13(15-7-5-4-6-8-15)22-19(23)16(21-20(22)26)11-14-9-10-17(24-2)18(12-14)25-3/h4-13H,1-3H3,(H,21,26)/b16-11-. The molecule has 2 aromatic rings. The summed E-state index contributed by atoms with van der Waals surface area (Å²) >= 11 is 5.38. The summed E-state index contributed by atoms with van der Waals surface area (Å²) in [5, 5.41) is 3.42. The summed E-state index contributed by atoms with van der Waals surface area (Å²) in [5.41, 5.74) is 2.28. The lowest BCUT2D eigenvalue weighted by molar-refractivity contribution is -0.123. The topological polar surface area (TPSA) is 50.8 Å². The van der Waals surface area contributed by atoms with E-state index in [9.17, 15) is 4.79 Å². The van der Waals surface area contributed by atoms with Gasteiger partial charge in [0.15, 0.2) is 16.6 Å². The van der Waals surface area contributed by atoms with Crippen molar-refractivity contribution in [3.8, 4) is 11.5 Å². The van der Waals surface area contributed by atoms with E-state index in [1.54, 1.807) is 31.3 Å². The predicted octanol–water partition coefficient (Wildman–Crippen LogP) is 3.52. The van der Waals surface area contributed by atoms with Crippen LogP contribution >= 0.6 is 12.2 Å². The molecule has 5 nitrogen and oxygen atoms in total. The Morgan fingerprint density at radius 1 is 1.08 bits per heavy atom. The molecule has 1 heterocycles. The smallest absolute Gasteiger partial charge is 0.277 e. The van der Waals surface area contributed by atoms with Gasteiger partial charge in [-0.1, -0.05) is 36.4 Å². The van der Waals surface area contributed by atoms with Gasteiger partial charge in [0, 0.05) is 0 Å². The third-order valence-corrected chi connectivity index (χ3v) is 4.60. The maximum Gasteiger partial charge on any atom is 0.277 e. The SMILES string of the molecule is COc1ccc(/C=C2\NC(=S)N(C(C)c3ccccc3)C2=O)cc1OC. The first-order chi connectivity index (χ1) is 12.5. The fraction of sp³-hybridized carbons (Fsp3) is 0.200. The van der Waals surface area contributed by atoms with Gasteiger partial charge in [-0.15, -0.1) is 0 Å². The molecule has 1 aliphatic rings. The second kappa shape index (κ2) is 7.58. The van der Waals surface area contributed by atoms with Gasteiger partial charge in [0.05, 0.1) is 20.3 Å². The molecule has 1 atom stereocenters. The van der Waals surface area contributed by atoms with Crippen LogP contribution in [0.5, 0.6) is 11.5 Å². The Labute approximate surface area is 158 Å². The maximum absolute atomic E-state index is 12.9. The number of hydrogen-bond acceptors (Lipinski definition) is 4. The Bertz CT molecular complexity index is 865. The summed E-state index contributed by atoms with van der Waals surface area (Å²) < 4.78 is 10.6. The van der Waals surface area contributed by atoms with Gasteiger partial charge in [-0.05, 0) is 48.5 Å². The lowest BCUT2D eigenvalue weighted by atomic mass is 10.1. The normalized spacial score (nSPS) is 16.6. The van der Waals surface area contributed by atoms with Crippen LogP contribution in [0.25, 0.3) is 6.08 Å². The van der Waals surface area contributed by atoms with Crippen molar-refractivity contribution >= 4 is 29.3 Å².